The lowest BCUT2D eigenvalue weighted by Crippen LogP contribution is -2.28. The molecule has 1 aromatic carbocycles. The molecule has 0 aliphatic rings. The predicted octanol–water partition coefficient (Wildman–Crippen LogP) is 2.77. The summed E-state index contributed by atoms with van der Waals surface area (Å²) in [7, 11) is 0. The van der Waals surface area contributed by atoms with Crippen molar-refractivity contribution in [2.75, 3.05) is 0 Å². The molecule has 0 fully saturated rings. The summed E-state index contributed by atoms with van der Waals surface area (Å²) >= 11 is 0. The second-order valence-electron chi connectivity index (χ2n) is 5.02. The molecule has 3 aromatic rings. The maximum Gasteiger partial charge on any atom is 0.0470 e. The van der Waals surface area contributed by atoms with Crippen LogP contribution in [-0.2, 0) is 6.42 Å². The van der Waals surface area contributed by atoms with Gasteiger partial charge in [0.2, 0.25) is 0 Å². The topological polar surface area (TPSA) is 63.8 Å². The highest BCUT2D eigenvalue weighted by Gasteiger charge is 2.13. The molecule has 0 bridgehead atoms. The lowest BCUT2D eigenvalue weighted by Gasteiger charge is -2.18. The number of hydrogen-bond acceptors (Lipinski definition) is 4. The van der Waals surface area contributed by atoms with Crippen LogP contribution in [0.5, 0.6) is 0 Å². The van der Waals surface area contributed by atoms with E-state index in [9.17, 15) is 0 Å². The first kappa shape index (κ1) is 13.7. The fraction of sp³-hybridized carbons (Fsp3) is 0.176. The number of nitrogens with one attached hydrogen (secondary N) is 1. The minimum absolute atomic E-state index is 0.0832. The zero-order valence-corrected chi connectivity index (χ0v) is 11.7. The van der Waals surface area contributed by atoms with Gasteiger partial charge in [0.25, 0.3) is 0 Å². The molecule has 0 radical (unpaired) electrons. The molecule has 1 atom stereocenters. The van der Waals surface area contributed by atoms with Gasteiger partial charge in [-0.2, -0.15) is 0 Å². The Balaban J connectivity index is 1.85. The van der Waals surface area contributed by atoms with Gasteiger partial charge in [-0.05, 0) is 42.0 Å². The van der Waals surface area contributed by atoms with Crippen molar-refractivity contribution in [3.63, 3.8) is 0 Å². The molecule has 0 saturated heterocycles. The SMILES string of the molecule is NNC(CCc1ccccn1)c1cccc2ccncc12. The van der Waals surface area contributed by atoms with Gasteiger partial charge in [0.1, 0.15) is 0 Å². The number of nitrogens with zero attached hydrogens (tertiary/aromatic N) is 2. The highest BCUT2D eigenvalue weighted by Crippen LogP contribution is 2.26. The van der Waals surface area contributed by atoms with Gasteiger partial charge in [-0.1, -0.05) is 24.3 Å². The maximum absolute atomic E-state index is 5.77. The average molecular weight is 278 g/mol. The Morgan fingerprint density at radius 2 is 2.00 bits per heavy atom. The normalized spacial score (nSPS) is 12.4. The molecule has 0 aliphatic carbocycles. The van der Waals surface area contributed by atoms with Crippen LogP contribution in [0.25, 0.3) is 10.8 Å². The molecular weight excluding hydrogens is 260 g/mol. The predicted molar refractivity (Wildman–Crippen MR) is 84.4 cm³/mol. The van der Waals surface area contributed by atoms with E-state index in [1.54, 1.807) is 0 Å². The summed E-state index contributed by atoms with van der Waals surface area (Å²) in [5, 5.41) is 2.32. The van der Waals surface area contributed by atoms with E-state index in [-0.39, 0.29) is 6.04 Å². The molecule has 2 heterocycles. The van der Waals surface area contributed by atoms with E-state index in [0.717, 1.165) is 23.9 Å². The van der Waals surface area contributed by atoms with Gasteiger partial charge in [0.15, 0.2) is 0 Å². The molecular formula is C17H18N4. The molecule has 0 spiro atoms. The molecule has 3 N–H and O–H groups in total. The van der Waals surface area contributed by atoms with Crippen molar-refractivity contribution in [3.05, 3.63) is 72.3 Å². The maximum atomic E-state index is 5.77. The zero-order chi connectivity index (χ0) is 14.5. The zero-order valence-electron chi connectivity index (χ0n) is 11.7. The molecule has 4 nitrogen and oxygen atoms in total. The highest BCUT2D eigenvalue weighted by molar-refractivity contribution is 5.85. The van der Waals surface area contributed by atoms with Crippen molar-refractivity contribution in [2.45, 2.75) is 18.9 Å². The van der Waals surface area contributed by atoms with Gasteiger partial charge in [0.05, 0.1) is 0 Å². The van der Waals surface area contributed by atoms with Crippen LogP contribution < -0.4 is 11.3 Å². The number of fused-ring (bicyclic) bond motifs is 1. The monoisotopic (exact) mass is 278 g/mol. The Kier molecular flexibility index (Phi) is 4.19. The summed E-state index contributed by atoms with van der Waals surface area (Å²) in [6.45, 7) is 0. The van der Waals surface area contributed by atoms with Crippen molar-refractivity contribution in [1.29, 1.82) is 0 Å². The standard InChI is InChI=1S/C17H18N4/c18-21-17(8-7-14-5-1-2-10-20-14)15-6-3-4-13-9-11-19-12-16(13)15/h1-6,9-12,17,21H,7-8,18H2. The van der Waals surface area contributed by atoms with E-state index < -0.39 is 0 Å². The Bertz CT molecular complexity index is 707. The highest BCUT2D eigenvalue weighted by atomic mass is 15.2. The minimum Gasteiger partial charge on any atom is -0.271 e. The number of hydrogen-bond donors (Lipinski definition) is 2. The van der Waals surface area contributed by atoms with Crippen LogP contribution in [0.1, 0.15) is 23.7 Å². The number of aromatic nitrogens is 2. The number of aryl methyl sites for hydroxylation is 1. The third-order valence-corrected chi connectivity index (χ3v) is 3.71. The van der Waals surface area contributed by atoms with E-state index in [0.29, 0.717) is 0 Å². The van der Waals surface area contributed by atoms with Crippen molar-refractivity contribution in [1.82, 2.24) is 15.4 Å². The molecule has 2 aromatic heterocycles. The largest absolute Gasteiger partial charge is 0.271 e. The summed E-state index contributed by atoms with van der Waals surface area (Å²) < 4.78 is 0. The van der Waals surface area contributed by atoms with Crippen LogP contribution in [0.15, 0.2) is 61.1 Å². The van der Waals surface area contributed by atoms with Crippen LogP contribution in [0.4, 0.5) is 0 Å². The molecule has 1 unspecified atom stereocenters. The number of rotatable bonds is 5. The lowest BCUT2D eigenvalue weighted by molar-refractivity contribution is 0.517. The van der Waals surface area contributed by atoms with Crippen molar-refractivity contribution in [2.24, 2.45) is 5.84 Å². The smallest absolute Gasteiger partial charge is 0.0470 e. The summed E-state index contributed by atoms with van der Waals surface area (Å²) in [6, 6.07) is 14.3. The van der Waals surface area contributed by atoms with E-state index in [1.807, 2.05) is 42.9 Å². The van der Waals surface area contributed by atoms with Gasteiger partial charge < -0.3 is 0 Å². The Morgan fingerprint density at radius 3 is 2.81 bits per heavy atom. The summed E-state index contributed by atoms with van der Waals surface area (Å²) in [5.74, 6) is 5.77. The number of nitrogens with two attached hydrogens (primary N) is 1. The van der Waals surface area contributed by atoms with E-state index >= 15 is 0 Å². The number of hydrazine groups is 1. The van der Waals surface area contributed by atoms with Crippen molar-refractivity contribution >= 4 is 10.8 Å². The van der Waals surface area contributed by atoms with Gasteiger partial charge in [-0.15, -0.1) is 0 Å². The molecule has 106 valence electrons. The molecule has 4 heteroatoms. The third-order valence-electron chi connectivity index (χ3n) is 3.71. The number of benzene rings is 1. The van der Waals surface area contributed by atoms with Crippen molar-refractivity contribution < 1.29 is 0 Å². The first-order valence-electron chi connectivity index (χ1n) is 7.07. The van der Waals surface area contributed by atoms with Crippen LogP contribution in [0.3, 0.4) is 0 Å². The summed E-state index contributed by atoms with van der Waals surface area (Å²) in [4.78, 5) is 8.59. The van der Waals surface area contributed by atoms with Crippen LogP contribution in [-0.4, -0.2) is 9.97 Å². The minimum atomic E-state index is 0.0832. The van der Waals surface area contributed by atoms with E-state index in [1.165, 1.54) is 10.9 Å². The number of pyridine rings is 2. The summed E-state index contributed by atoms with van der Waals surface area (Å²) in [5.41, 5.74) is 5.18. The van der Waals surface area contributed by atoms with Gasteiger partial charge in [-0.3, -0.25) is 21.2 Å². The Hall–Kier alpha value is -2.30. The lowest BCUT2D eigenvalue weighted by atomic mass is 9.96. The Labute approximate surface area is 124 Å². The second kappa shape index (κ2) is 6.43. The summed E-state index contributed by atoms with van der Waals surface area (Å²) in [6.07, 6.45) is 7.30. The van der Waals surface area contributed by atoms with Crippen LogP contribution in [0.2, 0.25) is 0 Å². The van der Waals surface area contributed by atoms with Crippen LogP contribution in [0, 0.1) is 0 Å². The average Bonchev–Trinajstić information content (AvgIpc) is 2.56. The quantitative estimate of drug-likeness (QED) is 0.556. The Morgan fingerprint density at radius 1 is 1.05 bits per heavy atom. The second-order valence-corrected chi connectivity index (χ2v) is 5.02. The molecule has 21 heavy (non-hydrogen) atoms. The fourth-order valence-corrected chi connectivity index (χ4v) is 2.61. The van der Waals surface area contributed by atoms with Crippen molar-refractivity contribution in [3.8, 4) is 0 Å². The van der Waals surface area contributed by atoms with Gasteiger partial charge >= 0.3 is 0 Å². The van der Waals surface area contributed by atoms with Crippen LogP contribution >= 0.6 is 0 Å². The first-order chi connectivity index (χ1) is 10.4. The molecule has 3 rings (SSSR count). The molecule has 0 amide bonds. The van der Waals surface area contributed by atoms with E-state index in [4.69, 9.17) is 5.84 Å². The fourth-order valence-electron chi connectivity index (χ4n) is 2.61. The molecule has 0 aliphatic heterocycles. The molecule has 0 saturated carbocycles. The first-order valence-corrected chi connectivity index (χ1v) is 7.07. The van der Waals surface area contributed by atoms with Gasteiger partial charge in [0, 0.05) is 35.7 Å². The van der Waals surface area contributed by atoms with E-state index in [2.05, 4.69) is 33.6 Å². The van der Waals surface area contributed by atoms with Gasteiger partial charge in [-0.25, -0.2) is 0 Å². The third kappa shape index (κ3) is 3.07.